The van der Waals surface area contributed by atoms with Gasteiger partial charge in [-0.2, -0.15) is 0 Å². The van der Waals surface area contributed by atoms with Crippen molar-refractivity contribution in [3.63, 3.8) is 0 Å². The molecule has 9 heteroatoms. The fourth-order valence-corrected chi connectivity index (χ4v) is 5.22. The molecule has 1 aromatic heterocycles. The molecule has 0 saturated carbocycles. The number of benzene rings is 2. The Bertz CT molecular complexity index is 1180. The predicted molar refractivity (Wildman–Crippen MR) is 139 cm³/mol. The first kappa shape index (κ1) is 27.2. The number of fused-ring (bicyclic) bond motifs is 1. The molecule has 2 aromatic carbocycles. The number of rotatable bonds is 11. The second kappa shape index (κ2) is 12.1. The van der Waals surface area contributed by atoms with E-state index in [0.29, 0.717) is 53.0 Å². The van der Waals surface area contributed by atoms with Gasteiger partial charge >= 0.3 is 0 Å². The Hall–Kier alpha value is -2.88. The van der Waals surface area contributed by atoms with Crippen LogP contribution in [0, 0.1) is 17.0 Å². The average molecular weight is 517 g/mol. The zero-order valence-electron chi connectivity index (χ0n) is 21.2. The standard InChI is InChI=1S/C28H35F3N4O2/c1-37-23-2-3-26-24(15-23)27(19(16-32)17-34-26)25(31)4-5-28(18-36)6-9-35(10-7-28)11-8-33-22-13-20(29)12-21(30)14-22/h2-3,12-15,17,25,33,36H,4-11,16,18,32H2,1H3/t25-/m0/s1. The van der Waals surface area contributed by atoms with Crippen LogP contribution in [0.3, 0.4) is 0 Å². The van der Waals surface area contributed by atoms with Crippen LogP contribution in [-0.4, -0.2) is 54.9 Å². The number of methoxy groups -OCH3 is 1. The Morgan fingerprint density at radius 3 is 2.54 bits per heavy atom. The normalized spacial score (nSPS) is 16.6. The second-order valence-electron chi connectivity index (χ2n) is 9.88. The molecule has 4 N–H and O–H groups in total. The SMILES string of the molecule is COc1ccc2ncc(CN)c([C@@H](F)CCC3(CO)CCN(CCNc4cc(F)cc(F)c4)CC3)c2c1. The Kier molecular flexibility index (Phi) is 8.89. The number of hydrogen-bond acceptors (Lipinski definition) is 6. The summed E-state index contributed by atoms with van der Waals surface area (Å²) in [6.07, 6.45) is 2.73. The third-order valence-corrected chi connectivity index (χ3v) is 7.53. The maximum Gasteiger partial charge on any atom is 0.128 e. The largest absolute Gasteiger partial charge is 0.497 e. The topological polar surface area (TPSA) is 83.6 Å². The number of nitrogens with one attached hydrogen (secondary N) is 1. The van der Waals surface area contributed by atoms with Crippen LogP contribution in [0.4, 0.5) is 18.9 Å². The smallest absolute Gasteiger partial charge is 0.128 e. The minimum Gasteiger partial charge on any atom is -0.497 e. The van der Waals surface area contributed by atoms with Gasteiger partial charge in [0.25, 0.3) is 0 Å². The first-order valence-corrected chi connectivity index (χ1v) is 12.7. The number of nitrogens with two attached hydrogens (primary N) is 1. The van der Waals surface area contributed by atoms with E-state index in [-0.39, 0.29) is 25.0 Å². The highest BCUT2D eigenvalue weighted by molar-refractivity contribution is 5.85. The van der Waals surface area contributed by atoms with Crippen LogP contribution in [0.1, 0.15) is 43.0 Å². The van der Waals surface area contributed by atoms with Crippen LogP contribution in [0.15, 0.2) is 42.6 Å². The van der Waals surface area contributed by atoms with Gasteiger partial charge in [0.2, 0.25) is 0 Å². The number of aliphatic hydroxyl groups is 1. The van der Waals surface area contributed by atoms with Crippen LogP contribution in [0.25, 0.3) is 10.9 Å². The molecule has 4 rings (SSSR count). The van der Waals surface area contributed by atoms with Crippen molar-refractivity contribution < 1.29 is 23.0 Å². The van der Waals surface area contributed by atoms with E-state index >= 15 is 4.39 Å². The average Bonchev–Trinajstić information content (AvgIpc) is 2.91. The third kappa shape index (κ3) is 6.52. The van der Waals surface area contributed by atoms with Crippen molar-refractivity contribution in [3.05, 3.63) is 65.4 Å². The highest BCUT2D eigenvalue weighted by Gasteiger charge is 2.35. The van der Waals surface area contributed by atoms with E-state index in [1.807, 2.05) is 6.07 Å². The van der Waals surface area contributed by atoms with Crippen LogP contribution >= 0.6 is 0 Å². The number of anilines is 1. The van der Waals surface area contributed by atoms with Gasteiger partial charge in [0.1, 0.15) is 23.6 Å². The van der Waals surface area contributed by atoms with E-state index in [9.17, 15) is 13.9 Å². The minimum absolute atomic E-state index is 0.00302. The Morgan fingerprint density at radius 1 is 1.16 bits per heavy atom. The number of alkyl halides is 1. The number of hydrogen-bond donors (Lipinski definition) is 3. The molecule has 1 atom stereocenters. The summed E-state index contributed by atoms with van der Waals surface area (Å²) in [5.41, 5.74) is 7.90. The number of aromatic nitrogens is 1. The first-order valence-electron chi connectivity index (χ1n) is 12.7. The number of ether oxygens (including phenoxy) is 1. The van der Waals surface area contributed by atoms with Crippen molar-refractivity contribution in [1.29, 1.82) is 0 Å². The van der Waals surface area contributed by atoms with Crippen LogP contribution in [0.5, 0.6) is 5.75 Å². The molecule has 1 fully saturated rings. The summed E-state index contributed by atoms with van der Waals surface area (Å²) in [4.78, 5) is 6.67. The Labute approximate surface area is 215 Å². The molecule has 3 aromatic rings. The molecule has 1 aliphatic rings. The lowest BCUT2D eigenvalue weighted by molar-refractivity contribution is 0.0315. The Morgan fingerprint density at radius 2 is 1.89 bits per heavy atom. The molecule has 1 aliphatic heterocycles. The summed E-state index contributed by atoms with van der Waals surface area (Å²) >= 11 is 0. The third-order valence-electron chi connectivity index (χ3n) is 7.53. The van der Waals surface area contributed by atoms with Crippen molar-refractivity contribution in [2.75, 3.05) is 45.2 Å². The number of piperidine rings is 1. The van der Waals surface area contributed by atoms with E-state index in [1.54, 1.807) is 25.4 Å². The van der Waals surface area contributed by atoms with Gasteiger partial charge in [-0.15, -0.1) is 0 Å². The van der Waals surface area contributed by atoms with Gasteiger partial charge in [0.15, 0.2) is 0 Å². The highest BCUT2D eigenvalue weighted by atomic mass is 19.1. The van der Waals surface area contributed by atoms with Crippen molar-refractivity contribution in [3.8, 4) is 5.75 Å². The van der Waals surface area contributed by atoms with Gasteiger partial charge in [-0.25, -0.2) is 13.2 Å². The molecular weight excluding hydrogens is 481 g/mol. The van der Waals surface area contributed by atoms with Crippen molar-refractivity contribution in [1.82, 2.24) is 9.88 Å². The molecule has 0 unspecified atom stereocenters. The van der Waals surface area contributed by atoms with Gasteiger partial charge < -0.3 is 25.8 Å². The van der Waals surface area contributed by atoms with E-state index < -0.39 is 17.8 Å². The quantitative estimate of drug-likeness (QED) is 0.334. The molecule has 6 nitrogen and oxygen atoms in total. The maximum absolute atomic E-state index is 15.8. The molecule has 0 amide bonds. The van der Waals surface area contributed by atoms with E-state index in [0.717, 1.165) is 32.0 Å². The summed E-state index contributed by atoms with van der Waals surface area (Å²) in [5.74, 6) is -0.596. The number of pyridine rings is 1. The minimum atomic E-state index is -1.24. The molecule has 200 valence electrons. The molecule has 0 radical (unpaired) electrons. The summed E-state index contributed by atoms with van der Waals surface area (Å²) < 4.78 is 47.9. The van der Waals surface area contributed by atoms with E-state index in [4.69, 9.17) is 10.5 Å². The fourth-order valence-electron chi connectivity index (χ4n) is 5.22. The first-order chi connectivity index (χ1) is 17.9. The van der Waals surface area contributed by atoms with Gasteiger partial charge in [0.05, 0.1) is 12.6 Å². The fraction of sp³-hybridized carbons (Fsp3) is 0.464. The lowest BCUT2D eigenvalue weighted by atomic mass is 9.74. The number of halogens is 3. The zero-order chi connectivity index (χ0) is 26.4. The number of likely N-dealkylation sites (tertiary alicyclic amines) is 1. The maximum atomic E-state index is 15.8. The second-order valence-corrected chi connectivity index (χ2v) is 9.88. The highest BCUT2D eigenvalue weighted by Crippen LogP contribution is 2.41. The summed E-state index contributed by atoms with van der Waals surface area (Å²) in [6, 6.07) is 8.79. The van der Waals surface area contributed by atoms with Crippen LogP contribution in [0.2, 0.25) is 0 Å². The molecular formula is C28H35F3N4O2. The van der Waals surface area contributed by atoms with Crippen molar-refractivity contribution in [2.24, 2.45) is 11.1 Å². The summed E-state index contributed by atoms with van der Waals surface area (Å²) in [6.45, 7) is 2.97. The molecule has 1 saturated heterocycles. The summed E-state index contributed by atoms with van der Waals surface area (Å²) in [5, 5.41) is 14.0. The van der Waals surface area contributed by atoms with E-state index in [1.165, 1.54) is 12.1 Å². The lowest BCUT2D eigenvalue weighted by Crippen LogP contribution is -2.43. The Balaban J connectivity index is 1.35. The summed E-state index contributed by atoms with van der Waals surface area (Å²) in [7, 11) is 1.57. The lowest BCUT2D eigenvalue weighted by Gasteiger charge is -2.41. The van der Waals surface area contributed by atoms with Gasteiger partial charge in [-0.05, 0) is 80.1 Å². The molecule has 0 spiro atoms. The van der Waals surface area contributed by atoms with Crippen LogP contribution in [-0.2, 0) is 6.54 Å². The van der Waals surface area contributed by atoms with E-state index in [2.05, 4.69) is 15.2 Å². The van der Waals surface area contributed by atoms with Crippen molar-refractivity contribution in [2.45, 2.75) is 38.4 Å². The predicted octanol–water partition coefficient (Wildman–Crippen LogP) is 4.96. The van der Waals surface area contributed by atoms with Crippen molar-refractivity contribution >= 4 is 16.6 Å². The molecule has 37 heavy (non-hydrogen) atoms. The van der Waals surface area contributed by atoms with Gasteiger partial charge in [0, 0.05) is 55.1 Å². The van der Waals surface area contributed by atoms with Crippen LogP contribution < -0.4 is 15.8 Å². The molecule has 0 bridgehead atoms. The number of nitrogens with zero attached hydrogens (tertiary/aromatic N) is 2. The van der Waals surface area contributed by atoms with Gasteiger partial charge in [-0.1, -0.05) is 0 Å². The molecule has 0 aliphatic carbocycles. The monoisotopic (exact) mass is 516 g/mol. The molecule has 2 heterocycles. The van der Waals surface area contributed by atoms with Gasteiger partial charge in [-0.3, -0.25) is 4.98 Å². The zero-order valence-corrected chi connectivity index (χ0v) is 21.2. The number of aliphatic hydroxyl groups excluding tert-OH is 1.